The summed E-state index contributed by atoms with van der Waals surface area (Å²) in [6, 6.07) is 11.7. The minimum atomic E-state index is -0.871. The molecule has 0 amide bonds. The summed E-state index contributed by atoms with van der Waals surface area (Å²) < 4.78 is 26.2. The van der Waals surface area contributed by atoms with Crippen LogP contribution in [-0.2, 0) is 6.42 Å². The molecular weight excluding hydrogens is 278 g/mol. The molecule has 0 aliphatic rings. The van der Waals surface area contributed by atoms with Crippen LogP contribution >= 0.6 is 11.6 Å². The fourth-order valence-electron chi connectivity index (χ4n) is 2.16. The lowest BCUT2D eigenvalue weighted by Crippen LogP contribution is -1.98. The Morgan fingerprint density at radius 1 is 0.900 bits per heavy atom. The first-order valence-electron chi connectivity index (χ1n) is 6.65. The van der Waals surface area contributed by atoms with E-state index in [1.165, 1.54) is 11.6 Å². The zero-order chi connectivity index (χ0) is 14.7. The summed E-state index contributed by atoms with van der Waals surface area (Å²) in [6.07, 6.45) is 1.01. The highest BCUT2D eigenvalue weighted by Crippen LogP contribution is 2.30. The minimum Gasteiger partial charge on any atom is -0.204 e. The zero-order valence-electron chi connectivity index (χ0n) is 11.5. The largest absolute Gasteiger partial charge is 0.204 e. The summed E-state index contributed by atoms with van der Waals surface area (Å²) in [5.41, 5.74) is 2.69. The molecule has 0 N–H and O–H groups in total. The first-order valence-corrected chi connectivity index (χ1v) is 7.09. The van der Waals surface area contributed by atoms with E-state index in [-0.39, 0.29) is 0 Å². The molecule has 0 nitrogen and oxygen atoms in total. The van der Waals surface area contributed by atoms with Gasteiger partial charge in [0.25, 0.3) is 0 Å². The lowest BCUT2D eigenvalue weighted by molar-refractivity contribution is 0.507. The van der Waals surface area contributed by atoms with Crippen molar-refractivity contribution in [1.82, 2.24) is 0 Å². The minimum absolute atomic E-state index is 0.474. The van der Waals surface area contributed by atoms with Crippen LogP contribution in [-0.4, -0.2) is 0 Å². The predicted octanol–water partition coefficient (Wildman–Crippen LogP) is 5.49. The molecule has 0 heterocycles. The SMILES string of the molecule is CC(C)Cc1ccc(C(Cl)c2ccc(F)c(F)c2)cc1. The van der Waals surface area contributed by atoms with Crippen molar-refractivity contribution in [3.63, 3.8) is 0 Å². The monoisotopic (exact) mass is 294 g/mol. The average Bonchev–Trinajstić information content (AvgIpc) is 2.41. The van der Waals surface area contributed by atoms with Gasteiger partial charge in [0.05, 0.1) is 5.38 Å². The number of alkyl halides is 1. The second-order valence-electron chi connectivity index (χ2n) is 5.38. The fourth-order valence-corrected chi connectivity index (χ4v) is 2.44. The predicted molar refractivity (Wildman–Crippen MR) is 79.0 cm³/mol. The Labute approximate surface area is 123 Å². The van der Waals surface area contributed by atoms with Crippen LogP contribution in [0.25, 0.3) is 0 Å². The van der Waals surface area contributed by atoms with Crippen molar-refractivity contribution < 1.29 is 8.78 Å². The third-order valence-electron chi connectivity index (χ3n) is 3.15. The summed E-state index contributed by atoms with van der Waals surface area (Å²) in [7, 11) is 0. The molecule has 0 bridgehead atoms. The summed E-state index contributed by atoms with van der Waals surface area (Å²) in [5.74, 6) is -1.13. The Morgan fingerprint density at radius 3 is 2.05 bits per heavy atom. The summed E-state index contributed by atoms with van der Waals surface area (Å²) in [6.45, 7) is 4.33. The molecule has 1 unspecified atom stereocenters. The average molecular weight is 295 g/mol. The van der Waals surface area contributed by atoms with Gasteiger partial charge < -0.3 is 0 Å². The van der Waals surface area contributed by atoms with Gasteiger partial charge in [-0.1, -0.05) is 44.2 Å². The molecule has 2 rings (SSSR count). The molecule has 2 aromatic rings. The van der Waals surface area contributed by atoms with Crippen LogP contribution in [0.2, 0.25) is 0 Å². The quantitative estimate of drug-likeness (QED) is 0.654. The van der Waals surface area contributed by atoms with Crippen LogP contribution in [0.15, 0.2) is 42.5 Å². The molecular formula is C17H17ClF2. The Morgan fingerprint density at radius 2 is 1.50 bits per heavy atom. The maximum Gasteiger partial charge on any atom is 0.159 e. The van der Waals surface area contributed by atoms with Gasteiger partial charge in [-0.25, -0.2) is 8.78 Å². The normalized spacial score (nSPS) is 12.7. The Balaban J connectivity index is 2.20. The van der Waals surface area contributed by atoms with Crippen molar-refractivity contribution in [3.05, 3.63) is 70.8 Å². The molecule has 0 radical (unpaired) electrons. The van der Waals surface area contributed by atoms with E-state index in [0.717, 1.165) is 24.1 Å². The molecule has 0 saturated carbocycles. The maximum absolute atomic E-state index is 13.2. The van der Waals surface area contributed by atoms with Crippen LogP contribution in [0.5, 0.6) is 0 Å². The van der Waals surface area contributed by atoms with Gasteiger partial charge in [-0.05, 0) is 41.2 Å². The number of halogens is 3. The van der Waals surface area contributed by atoms with E-state index in [1.54, 1.807) is 0 Å². The van der Waals surface area contributed by atoms with Gasteiger partial charge in [-0.3, -0.25) is 0 Å². The van der Waals surface area contributed by atoms with Crippen LogP contribution in [0, 0.1) is 17.6 Å². The van der Waals surface area contributed by atoms with Gasteiger partial charge >= 0.3 is 0 Å². The van der Waals surface area contributed by atoms with Crippen molar-refractivity contribution in [2.75, 3.05) is 0 Å². The van der Waals surface area contributed by atoms with E-state index in [1.807, 2.05) is 24.3 Å². The zero-order valence-corrected chi connectivity index (χ0v) is 12.3. The van der Waals surface area contributed by atoms with Crippen molar-refractivity contribution in [3.8, 4) is 0 Å². The van der Waals surface area contributed by atoms with Crippen molar-refractivity contribution >= 4 is 11.6 Å². The second-order valence-corrected chi connectivity index (χ2v) is 5.81. The van der Waals surface area contributed by atoms with E-state index in [4.69, 9.17) is 11.6 Å². The van der Waals surface area contributed by atoms with Gasteiger partial charge in [0.15, 0.2) is 11.6 Å². The molecule has 0 aliphatic heterocycles. The van der Waals surface area contributed by atoms with Crippen molar-refractivity contribution in [2.45, 2.75) is 25.6 Å². The lowest BCUT2D eigenvalue weighted by Gasteiger charge is -2.12. The lowest BCUT2D eigenvalue weighted by atomic mass is 9.99. The molecule has 0 spiro atoms. The highest BCUT2D eigenvalue weighted by atomic mass is 35.5. The molecule has 0 aromatic heterocycles. The molecule has 2 aromatic carbocycles. The highest BCUT2D eigenvalue weighted by molar-refractivity contribution is 6.22. The van der Waals surface area contributed by atoms with Gasteiger partial charge in [0.1, 0.15) is 0 Å². The molecule has 0 saturated heterocycles. The Bertz CT molecular complexity index is 576. The molecule has 20 heavy (non-hydrogen) atoms. The van der Waals surface area contributed by atoms with E-state index in [9.17, 15) is 8.78 Å². The Kier molecular flexibility index (Phi) is 4.77. The molecule has 1 atom stereocenters. The third-order valence-corrected chi connectivity index (χ3v) is 3.66. The number of benzene rings is 2. The number of hydrogen-bond donors (Lipinski definition) is 0. The fraction of sp³-hybridized carbons (Fsp3) is 0.294. The first-order chi connectivity index (χ1) is 9.47. The third kappa shape index (κ3) is 3.57. The van der Waals surface area contributed by atoms with Gasteiger partial charge in [0, 0.05) is 0 Å². The van der Waals surface area contributed by atoms with Gasteiger partial charge in [0.2, 0.25) is 0 Å². The molecule has 0 aliphatic carbocycles. The Hall–Kier alpha value is -1.41. The maximum atomic E-state index is 13.2. The summed E-state index contributed by atoms with van der Waals surface area (Å²) in [5, 5.41) is -0.474. The highest BCUT2D eigenvalue weighted by Gasteiger charge is 2.13. The molecule has 3 heteroatoms. The van der Waals surface area contributed by atoms with Crippen molar-refractivity contribution in [2.24, 2.45) is 5.92 Å². The number of rotatable bonds is 4. The smallest absolute Gasteiger partial charge is 0.159 e. The summed E-state index contributed by atoms with van der Waals surface area (Å²) in [4.78, 5) is 0. The number of hydrogen-bond acceptors (Lipinski definition) is 0. The van der Waals surface area contributed by atoms with E-state index >= 15 is 0 Å². The van der Waals surface area contributed by atoms with Crippen molar-refractivity contribution in [1.29, 1.82) is 0 Å². The van der Waals surface area contributed by atoms with Gasteiger partial charge in [-0.15, -0.1) is 11.6 Å². The summed E-state index contributed by atoms with van der Waals surface area (Å²) >= 11 is 6.32. The van der Waals surface area contributed by atoms with E-state index in [2.05, 4.69) is 13.8 Å². The van der Waals surface area contributed by atoms with Crippen LogP contribution < -0.4 is 0 Å². The van der Waals surface area contributed by atoms with Crippen LogP contribution in [0.4, 0.5) is 8.78 Å². The van der Waals surface area contributed by atoms with E-state index < -0.39 is 17.0 Å². The van der Waals surface area contributed by atoms with Gasteiger partial charge in [-0.2, -0.15) is 0 Å². The molecule has 0 fully saturated rings. The first kappa shape index (κ1) is 15.0. The second kappa shape index (κ2) is 6.36. The van der Waals surface area contributed by atoms with Crippen LogP contribution in [0.1, 0.15) is 35.9 Å². The van der Waals surface area contributed by atoms with E-state index in [0.29, 0.717) is 11.5 Å². The molecule has 106 valence electrons. The topological polar surface area (TPSA) is 0 Å². The van der Waals surface area contributed by atoms with Crippen LogP contribution in [0.3, 0.4) is 0 Å². The standard InChI is InChI=1S/C17H17ClF2/c1-11(2)9-12-3-5-13(6-4-12)17(18)14-7-8-15(19)16(20)10-14/h3-8,10-11,17H,9H2,1-2H3.